The zero-order chi connectivity index (χ0) is 32.4. The van der Waals surface area contributed by atoms with Crippen molar-refractivity contribution in [3.8, 4) is 0 Å². The Morgan fingerprint density at radius 3 is 2.27 bits per heavy atom. The minimum atomic E-state index is -4.10. The third-order valence-electron chi connectivity index (χ3n) is 7.15. The topological polar surface area (TPSA) is 190 Å². The van der Waals surface area contributed by atoms with Gasteiger partial charge in [0.1, 0.15) is 5.82 Å². The van der Waals surface area contributed by atoms with E-state index in [1.165, 1.54) is 0 Å². The number of anilines is 1. The molecule has 0 aliphatic heterocycles. The number of primary sulfonamides is 1. The number of benzene rings is 3. The van der Waals surface area contributed by atoms with Crippen LogP contribution in [0, 0.1) is 0 Å². The summed E-state index contributed by atoms with van der Waals surface area (Å²) in [7, 11) is -4.10. The van der Waals surface area contributed by atoms with Crippen molar-refractivity contribution in [2.75, 3.05) is 12.3 Å². The van der Waals surface area contributed by atoms with Crippen molar-refractivity contribution in [3.05, 3.63) is 131 Å². The molecule has 0 saturated heterocycles. The predicted octanol–water partition coefficient (Wildman–Crippen LogP) is 2.49. The Kier molecular flexibility index (Phi) is 11.4. The molecule has 0 fully saturated rings. The Balaban J connectivity index is 1.24. The highest BCUT2D eigenvalue weighted by Crippen LogP contribution is 2.18. The van der Waals surface area contributed by atoms with E-state index in [9.17, 15) is 23.1 Å². The standard InChI is InChI=1S/C33H38N6O5S/c1-22(36-21-29(40)28-14-15-30(34)37-20-28)16-24-6-5-7-25(17-24)18-31(41)38-19-23-10-12-26(13-11-23)32(42)39-33(45(35,43)44)27-8-3-2-4-9-27/h2-15,17,20,22,29,33,36,40H,16,18-19,21H2,1H3,(H2,34,37)(H,38,41)(H,39,42)(H2,35,43,44)/t22-,29+,33?/m1/s1. The Morgan fingerprint density at radius 2 is 1.60 bits per heavy atom. The lowest BCUT2D eigenvalue weighted by atomic mass is 10.0. The van der Waals surface area contributed by atoms with Crippen LogP contribution in [0.1, 0.15) is 56.6 Å². The average molecular weight is 631 g/mol. The Morgan fingerprint density at radius 1 is 0.889 bits per heavy atom. The number of hydrogen-bond donors (Lipinski definition) is 6. The minimum Gasteiger partial charge on any atom is -0.387 e. The van der Waals surface area contributed by atoms with Crippen LogP contribution in [0.2, 0.25) is 0 Å². The number of pyridine rings is 1. The molecule has 0 aliphatic rings. The second-order valence-corrected chi connectivity index (χ2v) is 12.5. The zero-order valence-corrected chi connectivity index (χ0v) is 25.7. The van der Waals surface area contributed by atoms with Crippen molar-refractivity contribution in [2.45, 2.75) is 43.8 Å². The summed E-state index contributed by atoms with van der Waals surface area (Å²) in [6, 6.07) is 26.0. The number of nitrogens with zero attached hydrogens (tertiary/aromatic N) is 1. The second-order valence-electron chi connectivity index (χ2n) is 10.9. The molecule has 0 aliphatic carbocycles. The van der Waals surface area contributed by atoms with Crippen LogP contribution in [0.3, 0.4) is 0 Å². The molecular weight excluding hydrogens is 592 g/mol. The SMILES string of the molecule is C[C@H](Cc1cccc(CC(=O)NCc2ccc(C(=O)NC(c3ccccc3)S(N)(=O)=O)cc2)c1)NC[C@H](O)c1ccc(N)nc1. The van der Waals surface area contributed by atoms with E-state index in [-0.39, 0.29) is 30.5 Å². The van der Waals surface area contributed by atoms with Gasteiger partial charge in [0.2, 0.25) is 15.9 Å². The summed E-state index contributed by atoms with van der Waals surface area (Å²) in [6.45, 7) is 2.66. The number of carbonyl (C=O) groups is 2. The summed E-state index contributed by atoms with van der Waals surface area (Å²) >= 11 is 0. The van der Waals surface area contributed by atoms with Crippen molar-refractivity contribution in [3.63, 3.8) is 0 Å². The lowest BCUT2D eigenvalue weighted by molar-refractivity contribution is -0.120. The van der Waals surface area contributed by atoms with E-state index in [1.807, 2.05) is 31.2 Å². The highest BCUT2D eigenvalue weighted by Gasteiger charge is 2.26. The van der Waals surface area contributed by atoms with E-state index in [4.69, 9.17) is 10.9 Å². The van der Waals surface area contributed by atoms with Gasteiger partial charge in [-0.3, -0.25) is 9.59 Å². The number of carbonyl (C=O) groups excluding carboxylic acids is 2. The quantitative estimate of drug-likeness (QED) is 0.122. The van der Waals surface area contributed by atoms with Crippen LogP contribution in [0.4, 0.5) is 5.82 Å². The van der Waals surface area contributed by atoms with Crippen LogP contribution < -0.4 is 26.8 Å². The summed E-state index contributed by atoms with van der Waals surface area (Å²) in [6.07, 6.45) is 1.78. The summed E-state index contributed by atoms with van der Waals surface area (Å²) in [4.78, 5) is 29.5. The number of sulfonamides is 1. The lowest BCUT2D eigenvalue weighted by Gasteiger charge is -2.18. The first-order chi connectivity index (χ1) is 21.5. The van der Waals surface area contributed by atoms with Gasteiger partial charge < -0.3 is 26.8 Å². The zero-order valence-electron chi connectivity index (χ0n) is 24.9. The third-order valence-corrected chi connectivity index (χ3v) is 8.20. The molecule has 3 atom stereocenters. The molecular formula is C33H38N6O5S. The molecule has 0 radical (unpaired) electrons. The van der Waals surface area contributed by atoms with Gasteiger partial charge in [-0.25, -0.2) is 18.5 Å². The van der Waals surface area contributed by atoms with Crippen LogP contribution in [0.5, 0.6) is 0 Å². The second kappa shape index (κ2) is 15.4. The molecule has 236 valence electrons. The molecule has 0 spiro atoms. The molecule has 2 amide bonds. The van der Waals surface area contributed by atoms with E-state index < -0.39 is 27.4 Å². The van der Waals surface area contributed by atoms with Gasteiger partial charge in [-0.2, -0.15) is 0 Å². The number of nitrogen functional groups attached to an aromatic ring is 1. The summed E-state index contributed by atoms with van der Waals surface area (Å²) in [5.41, 5.74) is 9.62. The van der Waals surface area contributed by atoms with E-state index in [1.54, 1.807) is 72.9 Å². The first kappa shape index (κ1) is 33.3. The van der Waals surface area contributed by atoms with Crippen LogP contribution in [0.15, 0.2) is 97.2 Å². The number of amides is 2. The van der Waals surface area contributed by atoms with Crippen LogP contribution in [-0.4, -0.2) is 42.9 Å². The number of aromatic nitrogens is 1. The van der Waals surface area contributed by atoms with Gasteiger partial charge in [0.25, 0.3) is 5.91 Å². The fourth-order valence-electron chi connectivity index (χ4n) is 4.74. The number of nitrogens with one attached hydrogen (secondary N) is 3. The van der Waals surface area contributed by atoms with Crippen LogP contribution in [-0.2, 0) is 34.2 Å². The van der Waals surface area contributed by atoms with Gasteiger partial charge in [0.15, 0.2) is 5.37 Å². The number of nitrogens with two attached hydrogens (primary N) is 2. The predicted molar refractivity (Wildman–Crippen MR) is 173 cm³/mol. The van der Waals surface area contributed by atoms with Crippen molar-refractivity contribution in [1.29, 1.82) is 0 Å². The molecule has 4 rings (SSSR count). The molecule has 11 nitrogen and oxygen atoms in total. The molecule has 4 aromatic rings. The van der Waals surface area contributed by atoms with Gasteiger partial charge in [-0.05, 0) is 53.8 Å². The third kappa shape index (κ3) is 10.2. The fraction of sp³-hybridized carbons (Fsp3) is 0.242. The van der Waals surface area contributed by atoms with Gasteiger partial charge in [-0.1, -0.05) is 72.8 Å². The molecule has 3 aromatic carbocycles. The van der Waals surface area contributed by atoms with Gasteiger partial charge in [-0.15, -0.1) is 0 Å². The molecule has 12 heteroatoms. The molecule has 0 bridgehead atoms. The summed E-state index contributed by atoms with van der Waals surface area (Å²) < 4.78 is 24.2. The Hall–Kier alpha value is -4.62. The minimum absolute atomic E-state index is 0.0828. The number of aliphatic hydroxyl groups is 1. The molecule has 8 N–H and O–H groups in total. The van der Waals surface area contributed by atoms with Crippen molar-refractivity contribution >= 4 is 27.7 Å². The highest BCUT2D eigenvalue weighted by molar-refractivity contribution is 7.89. The largest absolute Gasteiger partial charge is 0.387 e. The normalized spacial score (nSPS) is 13.4. The summed E-state index contributed by atoms with van der Waals surface area (Å²) in [5.74, 6) is -0.340. The summed E-state index contributed by atoms with van der Waals surface area (Å²) in [5, 5.41) is 23.1. The monoisotopic (exact) mass is 630 g/mol. The maximum Gasteiger partial charge on any atom is 0.252 e. The first-order valence-electron chi connectivity index (χ1n) is 14.4. The molecule has 1 unspecified atom stereocenters. The van der Waals surface area contributed by atoms with Crippen molar-refractivity contribution < 1.29 is 23.1 Å². The van der Waals surface area contributed by atoms with E-state index in [0.29, 0.717) is 29.9 Å². The molecule has 0 saturated carbocycles. The maximum atomic E-state index is 12.8. The maximum absolute atomic E-state index is 12.8. The highest BCUT2D eigenvalue weighted by atomic mass is 32.2. The van der Waals surface area contributed by atoms with Crippen LogP contribution >= 0.6 is 0 Å². The van der Waals surface area contributed by atoms with Crippen LogP contribution in [0.25, 0.3) is 0 Å². The molecule has 45 heavy (non-hydrogen) atoms. The van der Waals surface area contributed by atoms with Gasteiger partial charge in [0.05, 0.1) is 12.5 Å². The fourth-order valence-corrected chi connectivity index (χ4v) is 5.55. The molecule has 1 heterocycles. The van der Waals surface area contributed by atoms with Crippen molar-refractivity contribution in [1.82, 2.24) is 20.9 Å². The molecule has 1 aromatic heterocycles. The van der Waals surface area contributed by atoms with Gasteiger partial charge in [0, 0.05) is 36.5 Å². The Bertz CT molecular complexity index is 1680. The smallest absolute Gasteiger partial charge is 0.252 e. The lowest BCUT2D eigenvalue weighted by Crippen LogP contribution is -2.37. The average Bonchev–Trinajstić information content (AvgIpc) is 3.02. The Labute approximate surface area is 263 Å². The number of hydrogen-bond acceptors (Lipinski definition) is 8. The van der Waals surface area contributed by atoms with E-state index in [2.05, 4.69) is 20.9 Å². The first-order valence-corrected chi connectivity index (χ1v) is 16.0. The number of aliphatic hydroxyl groups excluding tert-OH is 1. The van der Waals surface area contributed by atoms with Gasteiger partial charge >= 0.3 is 0 Å². The number of rotatable bonds is 14. The van der Waals surface area contributed by atoms with E-state index >= 15 is 0 Å². The van der Waals surface area contributed by atoms with Crippen molar-refractivity contribution in [2.24, 2.45) is 5.14 Å². The van der Waals surface area contributed by atoms with E-state index in [0.717, 1.165) is 16.7 Å².